The lowest BCUT2D eigenvalue weighted by atomic mass is 9.94. The predicted molar refractivity (Wildman–Crippen MR) is 106 cm³/mol. The quantitative estimate of drug-likeness (QED) is 0.848. The lowest BCUT2D eigenvalue weighted by Gasteiger charge is -2.31. The van der Waals surface area contributed by atoms with Gasteiger partial charge in [-0.15, -0.1) is 0 Å². The second kappa shape index (κ2) is 8.64. The van der Waals surface area contributed by atoms with E-state index in [1.165, 1.54) is 5.56 Å². The second-order valence-corrected chi connectivity index (χ2v) is 8.28. The summed E-state index contributed by atoms with van der Waals surface area (Å²) >= 11 is 5.97. The predicted octanol–water partition coefficient (Wildman–Crippen LogP) is 3.30. The molecular formula is C21H26ClN3O3. The highest BCUT2D eigenvalue weighted by Gasteiger charge is 2.28. The van der Waals surface area contributed by atoms with Gasteiger partial charge in [-0.1, -0.05) is 28.9 Å². The molecule has 2 aliphatic heterocycles. The summed E-state index contributed by atoms with van der Waals surface area (Å²) in [5, 5.41) is 14.6. The van der Waals surface area contributed by atoms with Crippen molar-refractivity contribution in [3.8, 4) is 0 Å². The summed E-state index contributed by atoms with van der Waals surface area (Å²) in [6.07, 6.45) is 3.08. The van der Waals surface area contributed by atoms with Gasteiger partial charge in [-0.25, -0.2) is 0 Å². The summed E-state index contributed by atoms with van der Waals surface area (Å²) in [6, 6.07) is 9.79. The van der Waals surface area contributed by atoms with Gasteiger partial charge in [-0.05, 0) is 49.9 Å². The number of carbonyl (C=O) groups is 1. The van der Waals surface area contributed by atoms with Crippen molar-refractivity contribution in [1.82, 2.24) is 15.0 Å². The summed E-state index contributed by atoms with van der Waals surface area (Å²) in [4.78, 5) is 16.8. The van der Waals surface area contributed by atoms with Crippen LogP contribution in [0.4, 0.5) is 0 Å². The van der Waals surface area contributed by atoms with Crippen LogP contribution < -0.4 is 0 Å². The van der Waals surface area contributed by atoms with Crippen LogP contribution in [-0.4, -0.2) is 58.3 Å². The molecule has 1 amide bonds. The molecule has 0 saturated carbocycles. The third-order valence-electron chi connectivity index (χ3n) is 5.73. The number of piperidine rings is 2. The van der Waals surface area contributed by atoms with Crippen LogP contribution in [0.25, 0.3) is 0 Å². The number of aliphatic hydroxyl groups is 1. The van der Waals surface area contributed by atoms with Crippen LogP contribution in [-0.2, 0) is 6.54 Å². The molecule has 7 heteroatoms. The van der Waals surface area contributed by atoms with E-state index < -0.39 is 0 Å². The zero-order chi connectivity index (χ0) is 19.5. The fourth-order valence-corrected chi connectivity index (χ4v) is 4.22. The number of hydrogen-bond acceptors (Lipinski definition) is 5. The molecule has 6 nitrogen and oxygen atoms in total. The van der Waals surface area contributed by atoms with Crippen LogP contribution in [0.2, 0.25) is 5.02 Å². The number of carbonyl (C=O) groups excluding carboxylic acids is 1. The summed E-state index contributed by atoms with van der Waals surface area (Å²) < 4.78 is 5.39. The minimum atomic E-state index is -0.303. The first-order chi connectivity index (χ1) is 13.6. The molecular weight excluding hydrogens is 378 g/mol. The summed E-state index contributed by atoms with van der Waals surface area (Å²) in [5.74, 6) is 0.454. The van der Waals surface area contributed by atoms with Crippen molar-refractivity contribution in [1.29, 1.82) is 0 Å². The highest BCUT2D eigenvalue weighted by Crippen LogP contribution is 2.28. The molecule has 0 spiro atoms. The smallest absolute Gasteiger partial charge is 0.292 e. The molecule has 1 atom stereocenters. The van der Waals surface area contributed by atoms with Gasteiger partial charge in [-0.3, -0.25) is 9.69 Å². The molecule has 2 aromatic rings. The number of aliphatic hydroxyl groups excluding tert-OH is 1. The molecule has 2 aliphatic rings. The molecule has 2 saturated heterocycles. The highest BCUT2D eigenvalue weighted by molar-refractivity contribution is 6.30. The fourth-order valence-electron chi connectivity index (χ4n) is 4.10. The molecule has 1 aromatic heterocycles. The lowest BCUT2D eigenvalue weighted by molar-refractivity contribution is 0.0512. The molecule has 0 bridgehead atoms. The standard InChI is InChI=1S/C21H26ClN3O3/c22-17-5-3-15(4-6-17)13-24-9-1-2-16(14-24)19-12-20(28-23-19)21(27)25-10-7-18(26)8-11-25/h3-6,12,16,18,26H,1-2,7-11,13-14H2/t16-/m0/s1. The van der Waals surface area contributed by atoms with E-state index in [4.69, 9.17) is 16.1 Å². The van der Waals surface area contributed by atoms with E-state index in [0.717, 1.165) is 43.2 Å². The Labute approximate surface area is 170 Å². The SMILES string of the molecule is O=C(c1cc([C@H]2CCCN(Cc3ccc(Cl)cc3)C2)no1)N1CCC(O)CC1. The van der Waals surface area contributed by atoms with Gasteiger partial charge in [0.2, 0.25) is 5.76 Å². The van der Waals surface area contributed by atoms with Crippen LogP contribution in [0.15, 0.2) is 34.9 Å². The Hall–Kier alpha value is -1.89. The van der Waals surface area contributed by atoms with E-state index >= 15 is 0 Å². The van der Waals surface area contributed by atoms with Gasteiger partial charge in [0.1, 0.15) is 0 Å². The van der Waals surface area contributed by atoms with Gasteiger partial charge in [0.25, 0.3) is 5.91 Å². The van der Waals surface area contributed by atoms with Crippen LogP contribution in [0, 0.1) is 0 Å². The minimum absolute atomic E-state index is 0.125. The van der Waals surface area contributed by atoms with E-state index in [-0.39, 0.29) is 17.9 Å². The van der Waals surface area contributed by atoms with Gasteiger partial charge < -0.3 is 14.5 Å². The topological polar surface area (TPSA) is 69.8 Å². The van der Waals surface area contributed by atoms with E-state index in [1.54, 1.807) is 4.90 Å². The van der Waals surface area contributed by atoms with Crippen LogP contribution in [0.5, 0.6) is 0 Å². The summed E-state index contributed by atoms with van der Waals surface area (Å²) in [5.41, 5.74) is 2.11. The van der Waals surface area contributed by atoms with Gasteiger partial charge in [0.15, 0.2) is 0 Å². The number of rotatable bonds is 4. The highest BCUT2D eigenvalue weighted by atomic mass is 35.5. The number of benzene rings is 1. The first kappa shape index (κ1) is 19.4. The molecule has 0 unspecified atom stereocenters. The monoisotopic (exact) mass is 403 g/mol. The van der Waals surface area contributed by atoms with Crippen LogP contribution in [0.3, 0.4) is 0 Å². The Morgan fingerprint density at radius 2 is 1.93 bits per heavy atom. The Bertz CT molecular complexity index is 799. The van der Waals surface area contributed by atoms with E-state index in [2.05, 4.69) is 22.2 Å². The van der Waals surface area contributed by atoms with Gasteiger partial charge >= 0.3 is 0 Å². The maximum atomic E-state index is 12.6. The molecule has 1 aromatic carbocycles. The molecule has 3 heterocycles. The third kappa shape index (κ3) is 4.57. The van der Waals surface area contributed by atoms with Crippen molar-refractivity contribution in [2.75, 3.05) is 26.2 Å². The van der Waals surface area contributed by atoms with Crippen molar-refractivity contribution < 1.29 is 14.4 Å². The number of halogens is 1. The van der Waals surface area contributed by atoms with Crippen LogP contribution in [0.1, 0.15) is 53.4 Å². The number of amides is 1. The number of likely N-dealkylation sites (tertiary alicyclic amines) is 2. The Balaban J connectivity index is 1.37. The maximum Gasteiger partial charge on any atom is 0.292 e. The molecule has 150 valence electrons. The molecule has 0 aliphatic carbocycles. The normalized spacial score (nSPS) is 21.8. The van der Waals surface area contributed by atoms with E-state index in [1.807, 2.05) is 18.2 Å². The Morgan fingerprint density at radius 1 is 1.18 bits per heavy atom. The number of aromatic nitrogens is 1. The minimum Gasteiger partial charge on any atom is -0.393 e. The summed E-state index contributed by atoms with van der Waals surface area (Å²) in [6.45, 7) is 3.97. The summed E-state index contributed by atoms with van der Waals surface area (Å²) in [7, 11) is 0. The molecule has 28 heavy (non-hydrogen) atoms. The Morgan fingerprint density at radius 3 is 2.68 bits per heavy atom. The first-order valence-electron chi connectivity index (χ1n) is 9.99. The van der Waals surface area contributed by atoms with Crippen molar-refractivity contribution in [2.24, 2.45) is 0 Å². The molecule has 4 rings (SSSR count). The van der Waals surface area contributed by atoms with Crippen LogP contribution >= 0.6 is 11.6 Å². The molecule has 2 fully saturated rings. The zero-order valence-corrected chi connectivity index (χ0v) is 16.6. The average Bonchev–Trinajstić information content (AvgIpc) is 3.20. The maximum absolute atomic E-state index is 12.6. The first-order valence-corrected chi connectivity index (χ1v) is 10.4. The van der Waals surface area contributed by atoms with E-state index in [0.29, 0.717) is 31.7 Å². The zero-order valence-electron chi connectivity index (χ0n) is 15.9. The van der Waals surface area contributed by atoms with Gasteiger partial charge in [0.05, 0.1) is 11.8 Å². The third-order valence-corrected chi connectivity index (χ3v) is 5.99. The van der Waals surface area contributed by atoms with Crippen molar-refractivity contribution in [3.63, 3.8) is 0 Å². The largest absolute Gasteiger partial charge is 0.393 e. The van der Waals surface area contributed by atoms with Crippen molar-refractivity contribution in [2.45, 2.75) is 44.2 Å². The van der Waals surface area contributed by atoms with Gasteiger partial charge in [-0.2, -0.15) is 0 Å². The van der Waals surface area contributed by atoms with Gasteiger partial charge in [0, 0.05) is 43.2 Å². The molecule has 0 radical (unpaired) electrons. The van der Waals surface area contributed by atoms with Crippen molar-refractivity contribution in [3.05, 3.63) is 52.4 Å². The van der Waals surface area contributed by atoms with E-state index in [9.17, 15) is 9.90 Å². The fraction of sp³-hybridized carbons (Fsp3) is 0.524. The number of hydrogen-bond donors (Lipinski definition) is 1. The molecule has 1 N–H and O–H groups in total. The number of nitrogens with zero attached hydrogens (tertiary/aromatic N) is 3. The lowest BCUT2D eigenvalue weighted by Crippen LogP contribution is -2.39. The average molecular weight is 404 g/mol. The second-order valence-electron chi connectivity index (χ2n) is 7.84. The van der Waals surface area contributed by atoms with Crippen molar-refractivity contribution >= 4 is 17.5 Å². The Kier molecular flexibility index (Phi) is 5.99.